The molecule has 8 heteroatoms. The average Bonchev–Trinajstić information content (AvgIpc) is 2.62. The van der Waals surface area contributed by atoms with Gasteiger partial charge in [-0.05, 0) is 23.8 Å². The molecule has 2 aromatic rings. The summed E-state index contributed by atoms with van der Waals surface area (Å²) in [5.74, 6) is 0.0261. The van der Waals surface area contributed by atoms with E-state index in [1.54, 1.807) is 24.4 Å². The molecule has 2 heterocycles. The molecule has 0 aliphatic carbocycles. The summed E-state index contributed by atoms with van der Waals surface area (Å²) in [5.41, 5.74) is 5.76. The molecule has 1 aliphatic heterocycles. The number of halogens is 3. The fraction of sp³-hybridized carbons (Fsp3) is 0.333. The van der Waals surface area contributed by atoms with Crippen LogP contribution in [-0.4, -0.2) is 42.0 Å². The Labute approximate surface area is 149 Å². The molecular formula is C18H19F3N4O. The van der Waals surface area contributed by atoms with Gasteiger partial charge in [-0.1, -0.05) is 18.2 Å². The molecule has 1 aliphatic rings. The summed E-state index contributed by atoms with van der Waals surface area (Å²) in [6.07, 6.45) is -2.73. The fourth-order valence-electron chi connectivity index (χ4n) is 3.06. The van der Waals surface area contributed by atoms with Gasteiger partial charge in [-0.3, -0.25) is 9.69 Å². The molecule has 0 spiro atoms. The van der Waals surface area contributed by atoms with E-state index >= 15 is 0 Å². The minimum absolute atomic E-state index is 0.374. The number of benzene rings is 1. The Morgan fingerprint density at radius 2 is 1.85 bits per heavy atom. The zero-order valence-electron chi connectivity index (χ0n) is 14.0. The van der Waals surface area contributed by atoms with Crippen LogP contribution in [-0.2, 0) is 12.7 Å². The third-order valence-electron chi connectivity index (χ3n) is 4.38. The summed E-state index contributed by atoms with van der Waals surface area (Å²) in [6, 6.07) is 8.70. The number of alkyl halides is 3. The van der Waals surface area contributed by atoms with E-state index in [1.165, 1.54) is 12.1 Å². The normalized spacial score (nSPS) is 15.9. The number of carbonyl (C=O) groups is 1. The highest BCUT2D eigenvalue weighted by Crippen LogP contribution is 2.30. The molecule has 0 bridgehead atoms. The number of amides is 1. The molecule has 26 heavy (non-hydrogen) atoms. The molecule has 0 atom stereocenters. The largest absolute Gasteiger partial charge is 0.416 e. The Kier molecular flexibility index (Phi) is 5.13. The number of pyridine rings is 1. The molecule has 0 saturated carbocycles. The molecule has 0 radical (unpaired) electrons. The van der Waals surface area contributed by atoms with Gasteiger partial charge < -0.3 is 10.6 Å². The molecule has 0 unspecified atom stereocenters. The van der Waals surface area contributed by atoms with Gasteiger partial charge >= 0.3 is 6.18 Å². The number of aromatic nitrogens is 1. The Morgan fingerprint density at radius 1 is 1.12 bits per heavy atom. The van der Waals surface area contributed by atoms with Crippen molar-refractivity contribution in [3.8, 4) is 0 Å². The SMILES string of the molecule is NC(=O)c1cccnc1N1CCN(Cc2cccc(C(F)(F)F)c2)CC1. The van der Waals surface area contributed by atoms with Gasteiger partial charge in [0.1, 0.15) is 5.82 Å². The van der Waals surface area contributed by atoms with E-state index in [0.29, 0.717) is 49.7 Å². The summed E-state index contributed by atoms with van der Waals surface area (Å²) >= 11 is 0. The number of carbonyl (C=O) groups excluding carboxylic acids is 1. The smallest absolute Gasteiger partial charge is 0.365 e. The number of primary amides is 1. The Morgan fingerprint density at radius 3 is 2.50 bits per heavy atom. The Bertz CT molecular complexity index is 786. The number of rotatable bonds is 4. The van der Waals surface area contributed by atoms with Crippen LogP contribution in [0.4, 0.5) is 19.0 Å². The zero-order chi connectivity index (χ0) is 18.7. The van der Waals surface area contributed by atoms with Crippen molar-refractivity contribution < 1.29 is 18.0 Å². The lowest BCUT2D eigenvalue weighted by Gasteiger charge is -2.36. The third kappa shape index (κ3) is 4.13. The van der Waals surface area contributed by atoms with Crippen LogP contribution in [0, 0.1) is 0 Å². The second-order valence-corrected chi connectivity index (χ2v) is 6.20. The first kappa shape index (κ1) is 18.2. The fourth-order valence-corrected chi connectivity index (χ4v) is 3.06. The molecule has 1 aromatic heterocycles. The van der Waals surface area contributed by atoms with E-state index in [9.17, 15) is 18.0 Å². The van der Waals surface area contributed by atoms with E-state index in [0.717, 1.165) is 6.07 Å². The van der Waals surface area contributed by atoms with Crippen molar-refractivity contribution in [2.24, 2.45) is 5.73 Å². The number of nitrogens with zero attached hydrogens (tertiary/aromatic N) is 3. The maximum absolute atomic E-state index is 12.8. The van der Waals surface area contributed by atoms with Gasteiger partial charge in [-0.15, -0.1) is 0 Å². The van der Waals surface area contributed by atoms with E-state index in [1.807, 2.05) is 4.90 Å². The first-order valence-corrected chi connectivity index (χ1v) is 8.23. The highest BCUT2D eigenvalue weighted by atomic mass is 19.4. The monoisotopic (exact) mass is 364 g/mol. The summed E-state index contributed by atoms with van der Waals surface area (Å²) in [5, 5.41) is 0. The standard InChI is InChI=1S/C18H19F3N4O/c19-18(20,21)14-4-1-3-13(11-14)12-24-7-9-25(10-8-24)17-15(16(22)26)5-2-6-23-17/h1-6,11H,7-10,12H2,(H2,22,26). The first-order valence-electron chi connectivity index (χ1n) is 8.23. The van der Waals surface area contributed by atoms with Crippen LogP contribution in [0.15, 0.2) is 42.6 Å². The molecule has 1 aromatic carbocycles. The van der Waals surface area contributed by atoms with Crippen LogP contribution in [0.25, 0.3) is 0 Å². The lowest BCUT2D eigenvalue weighted by Crippen LogP contribution is -2.46. The van der Waals surface area contributed by atoms with Crippen LogP contribution in [0.3, 0.4) is 0 Å². The van der Waals surface area contributed by atoms with Crippen molar-refractivity contribution in [3.63, 3.8) is 0 Å². The van der Waals surface area contributed by atoms with Crippen molar-refractivity contribution in [2.75, 3.05) is 31.1 Å². The summed E-state index contributed by atoms with van der Waals surface area (Å²) in [6.45, 7) is 3.01. The van der Waals surface area contributed by atoms with Gasteiger partial charge in [0.2, 0.25) is 0 Å². The first-order chi connectivity index (χ1) is 12.3. The number of nitrogens with two attached hydrogens (primary N) is 1. The van der Waals surface area contributed by atoms with Gasteiger partial charge in [0, 0.05) is 38.9 Å². The lowest BCUT2D eigenvalue weighted by molar-refractivity contribution is -0.137. The minimum Gasteiger partial charge on any atom is -0.365 e. The van der Waals surface area contributed by atoms with Crippen LogP contribution in [0.5, 0.6) is 0 Å². The van der Waals surface area contributed by atoms with E-state index in [-0.39, 0.29) is 0 Å². The van der Waals surface area contributed by atoms with Gasteiger partial charge in [0.25, 0.3) is 5.91 Å². The number of hydrogen-bond donors (Lipinski definition) is 1. The second kappa shape index (κ2) is 7.33. The third-order valence-corrected chi connectivity index (χ3v) is 4.38. The maximum Gasteiger partial charge on any atom is 0.416 e. The van der Waals surface area contributed by atoms with Gasteiger partial charge in [-0.2, -0.15) is 13.2 Å². The number of piperazine rings is 1. The molecule has 1 fully saturated rings. The van der Waals surface area contributed by atoms with E-state index < -0.39 is 17.6 Å². The minimum atomic E-state index is -4.33. The van der Waals surface area contributed by atoms with Crippen LogP contribution in [0.2, 0.25) is 0 Å². The van der Waals surface area contributed by atoms with Gasteiger partial charge in [0.05, 0.1) is 11.1 Å². The summed E-state index contributed by atoms with van der Waals surface area (Å²) < 4.78 is 38.5. The van der Waals surface area contributed by atoms with E-state index in [4.69, 9.17) is 5.73 Å². The molecule has 1 saturated heterocycles. The van der Waals surface area contributed by atoms with Gasteiger partial charge in [0.15, 0.2) is 0 Å². The van der Waals surface area contributed by atoms with Crippen molar-refractivity contribution in [2.45, 2.75) is 12.7 Å². The van der Waals surface area contributed by atoms with Crippen molar-refractivity contribution in [3.05, 3.63) is 59.3 Å². The van der Waals surface area contributed by atoms with Crippen LogP contribution in [0.1, 0.15) is 21.5 Å². The Hall–Kier alpha value is -2.61. The van der Waals surface area contributed by atoms with Gasteiger partial charge in [-0.25, -0.2) is 4.98 Å². The Balaban J connectivity index is 1.64. The molecule has 138 valence electrons. The summed E-state index contributed by atoms with van der Waals surface area (Å²) in [4.78, 5) is 19.8. The van der Waals surface area contributed by atoms with Crippen molar-refractivity contribution >= 4 is 11.7 Å². The molecule has 2 N–H and O–H groups in total. The molecule has 1 amide bonds. The lowest BCUT2D eigenvalue weighted by atomic mass is 10.1. The molecular weight excluding hydrogens is 345 g/mol. The maximum atomic E-state index is 12.8. The van der Waals surface area contributed by atoms with Crippen molar-refractivity contribution in [1.82, 2.24) is 9.88 Å². The zero-order valence-corrected chi connectivity index (χ0v) is 14.0. The van der Waals surface area contributed by atoms with Crippen molar-refractivity contribution in [1.29, 1.82) is 0 Å². The predicted molar refractivity (Wildman–Crippen MR) is 91.7 cm³/mol. The predicted octanol–water partition coefficient (Wildman–Crippen LogP) is 2.52. The van der Waals surface area contributed by atoms with E-state index in [2.05, 4.69) is 9.88 Å². The van der Waals surface area contributed by atoms with Crippen LogP contribution < -0.4 is 10.6 Å². The number of anilines is 1. The number of hydrogen-bond acceptors (Lipinski definition) is 4. The molecule has 3 rings (SSSR count). The second-order valence-electron chi connectivity index (χ2n) is 6.20. The topological polar surface area (TPSA) is 62.5 Å². The highest BCUT2D eigenvalue weighted by molar-refractivity contribution is 5.97. The highest BCUT2D eigenvalue weighted by Gasteiger charge is 2.30. The quantitative estimate of drug-likeness (QED) is 0.906. The molecule has 5 nitrogen and oxygen atoms in total. The van der Waals surface area contributed by atoms with Crippen LogP contribution >= 0.6 is 0 Å². The summed E-state index contributed by atoms with van der Waals surface area (Å²) in [7, 11) is 0. The average molecular weight is 364 g/mol.